The van der Waals surface area contributed by atoms with Gasteiger partial charge in [-0.2, -0.15) is 5.10 Å². The average Bonchev–Trinajstić information content (AvgIpc) is 3.46. The molecule has 2 amide bonds. The smallest absolute Gasteiger partial charge is 0.276 e. The second-order valence-corrected chi connectivity index (χ2v) is 10.2. The highest BCUT2D eigenvalue weighted by molar-refractivity contribution is 6.04. The third-order valence-electron chi connectivity index (χ3n) is 6.97. The Morgan fingerprint density at radius 1 is 1.21 bits per heavy atom. The number of likely N-dealkylation sites (N-methyl/N-ethyl adjacent to an activating group) is 1. The molecule has 1 unspecified atom stereocenters. The Balaban J connectivity index is 1.51. The van der Waals surface area contributed by atoms with Crippen molar-refractivity contribution in [2.75, 3.05) is 32.1 Å². The van der Waals surface area contributed by atoms with Crippen LogP contribution in [0.5, 0.6) is 5.75 Å². The summed E-state index contributed by atoms with van der Waals surface area (Å²) < 4.78 is 9.88. The van der Waals surface area contributed by atoms with Crippen LogP contribution in [0.25, 0.3) is 11.0 Å². The van der Waals surface area contributed by atoms with Gasteiger partial charge in [-0.3, -0.25) is 24.2 Å². The van der Waals surface area contributed by atoms with Gasteiger partial charge in [0.05, 0.1) is 16.7 Å². The van der Waals surface area contributed by atoms with Crippen molar-refractivity contribution in [3.63, 3.8) is 0 Å². The number of carbonyl (C=O) groups excluding carboxylic acids is 2. The summed E-state index contributed by atoms with van der Waals surface area (Å²) in [5.74, 6) is 0.0323. The normalized spacial score (nSPS) is 16.6. The van der Waals surface area contributed by atoms with Crippen LogP contribution in [0, 0.1) is 6.92 Å². The second-order valence-electron chi connectivity index (χ2n) is 10.2. The van der Waals surface area contributed by atoms with E-state index < -0.39 is 11.4 Å². The molecular weight excluding hydrogens is 482 g/mol. The summed E-state index contributed by atoms with van der Waals surface area (Å²) in [6.45, 7) is 8.28. The van der Waals surface area contributed by atoms with Crippen molar-refractivity contribution in [2.24, 2.45) is 5.73 Å². The molecule has 1 atom stereocenters. The van der Waals surface area contributed by atoms with Gasteiger partial charge in [-0.25, -0.2) is 4.98 Å². The summed E-state index contributed by atoms with van der Waals surface area (Å²) in [7, 11) is 2.08. The molecule has 0 radical (unpaired) electrons. The molecule has 10 heteroatoms. The summed E-state index contributed by atoms with van der Waals surface area (Å²) in [6.07, 6.45) is 0.913. The van der Waals surface area contributed by atoms with E-state index in [-0.39, 0.29) is 5.91 Å². The molecule has 198 valence electrons. The monoisotopic (exact) mass is 515 g/mol. The van der Waals surface area contributed by atoms with Crippen molar-refractivity contribution in [3.05, 3.63) is 71.0 Å². The van der Waals surface area contributed by atoms with Gasteiger partial charge >= 0.3 is 0 Å². The Kier molecular flexibility index (Phi) is 6.66. The molecule has 0 fully saturated rings. The summed E-state index contributed by atoms with van der Waals surface area (Å²) in [5, 5.41) is 7.41. The number of rotatable bonds is 9. The van der Waals surface area contributed by atoms with Gasteiger partial charge in [0.1, 0.15) is 23.6 Å². The fourth-order valence-electron chi connectivity index (χ4n) is 5.21. The van der Waals surface area contributed by atoms with Crippen molar-refractivity contribution in [1.82, 2.24) is 24.2 Å². The maximum absolute atomic E-state index is 13.4. The molecular formula is C28H33N7O3. The van der Waals surface area contributed by atoms with Gasteiger partial charge < -0.3 is 15.4 Å². The van der Waals surface area contributed by atoms with Crippen LogP contribution in [-0.2, 0) is 18.5 Å². The molecule has 0 spiro atoms. The van der Waals surface area contributed by atoms with E-state index in [1.165, 1.54) is 5.56 Å². The number of imidazole rings is 1. The van der Waals surface area contributed by atoms with Crippen LogP contribution in [0.4, 0.5) is 5.95 Å². The number of benzene rings is 2. The Morgan fingerprint density at radius 3 is 2.68 bits per heavy atom. The van der Waals surface area contributed by atoms with Gasteiger partial charge in [-0.1, -0.05) is 30.3 Å². The van der Waals surface area contributed by atoms with Gasteiger partial charge in [0.25, 0.3) is 5.91 Å². The lowest BCUT2D eigenvalue weighted by Crippen LogP contribution is -2.48. The molecule has 0 bridgehead atoms. The summed E-state index contributed by atoms with van der Waals surface area (Å²) in [4.78, 5) is 32.4. The molecule has 5 rings (SSSR count). The zero-order valence-electron chi connectivity index (χ0n) is 22.2. The largest absolute Gasteiger partial charge is 0.489 e. The summed E-state index contributed by atoms with van der Waals surface area (Å²) >= 11 is 0. The van der Waals surface area contributed by atoms with Gasteiger partial charge in [0, 0.05) is 25.2 Å². The van der Waals surface area contributed by atoms with E-state index in [0.717, 1.165) is 24.2 Å². The van der Waals surface area contributed by atoms with Crippen LogP contribution >= 0.6 is 0 Å². The lowest BCUT2D eigenvalue weighted by atomic mass is 9.99. The Labute approximate surface area is 221 Å². The minimum atomic E-state index is -0.566. The number of ether oxygens (including phenoxy) is 1. The second kappa shape index (κ2) is 9.94. The highest BCUT2D eigenvalue weighted by atomic mass is 16.5. The fourth-order valence-corrected chi connectivity index (χ4v) is 5.21. The average molecular weight is 516 g/mol. The standard InChI is InChI=1S/C28H33N7O3/c1-5-34-22(13-18(2)32-34)26(37)31-27-30-21-14-20(25(29)36)15-23-24(21)35(27)28(3,17-38-23)16-33(4)12-11-19-9-7-6-8-10-19/h6-10,13-15H,5,11-12,16-17H2,1-4H3,(H2,29,36)(H,30,31,37). The zero-order valence-corrected chi connectivity index (χ0v) is 22.2. The van der Waals surface area contributed by atoms with Gasteiger partial charge in [-0.15, -0.1) is 0 Å². The van der Waals surface area contributed by atoms with E-state index in [1.807, 2.05) is 36.6 Å². The van der Waals surface area contributed by atoms with Crippen LogP contribution in [-0.4, -0.2) is 62.8 Å². The number of nitrogens with two attached hydrogens (primary N) is 1. The number of nitrogens with one attached hydrogen (secondary N) is 1. The Bertz CT molecular complexity index is 1510. The third kappa shape index (κ3) is 4.74. The minimum Gasteiger partial charge on any atom is -0.489 e. The molecule has 2 aromatic carbocycles. The van der Waals surface area contributed by atoms with E-state index in [4.69, 9.17) is 15.5 Å². The summed E-state index contributed by atoms with van der Waals surface area (Å²) in [6, 6.07) is 15.4. The van der Waals surface area contributed by atoms with Crippen LogP contribution in [0.15, 0.2) is 48.5 Å². The molecule has 3 N–H and O–H groups in total. The van der Waals surface area contributed by atoms with Crippen molar-refractivity contribution < 1.29 is 14.3 Å². The fraction of sp³-hybridized carbons (Fsp3) is 0.357. The molecule has 2 aromatic heterocycles. The lowest BCUT2D eigenvalue weighted by molar-refractivity contribution is 0.0995. The maximum Gasteiger partial charge on any atom is 0.276 e. The quantitative estimate of drug-likeness (QED) is 0.353. The van der Waals surface area contributed by atoms with E-state index in [9.17, 15) is 9.59 Å². The zero-order chi connectivity index (χ0) is 27.0. The molecule has 0 saturated heterocycles. The van der Waals surface area contributed by atoms with Crippen molar-refractivity contribution in [3.8, 4) is 5.75 Å². The number of nitrogens with zero attached hydrogens (tertiary/aromatic N) is 5. The van der Waals surface area contributed by atoms with E-state index in [1.54, 1.807) is 22.9 Å². The van der Waals surface area contributed by atoms with Crippen molar-refractivity contribution in [1.29, 1.82) is 0 Å². The van der Waals surface area contributed by atoms with Crippen LogP contribution < -0.4 is 15.8 Å². The number of hydrogen-bond donors (Lipinski definition) is 2. The highest BCUT2D eigenvalue weighted by Gasteiger charge is 2.39. The number of carbonyl (C=O) groups is 2. The van der Waals surface area contributed by atoms with Gasteiger partial charge in [0.15, 0.2) is 0 Å². The first-order valence-corrected chi connectivity index (χ1v) is 12.8. The Morgan fingerprint density at radius 2 is 1.97 bits per heavy atom. The molecule has 1 aliphatic heterocycles. The molecule has 1 aliphatic rings. The van der Waals surface area contributed by atoms with Crippen molar-refractivity contribution in [2.45, 2.75) is 39.3 Å². The predicted octanol–water partition coefficient (Wildman–Crippen LogP) is 3.19. The minimum absolute atomic E-state index is 0.304. The van der Waals surface area contributed by atoms with Crippen LogP contribution in [0.1, 0.15) is 46.0 Å². The van der Waals surface area contributed by atoms with E-state index in [2.05, 4.69) is 41.4 Å². The first-order valence-electron chi connectivity index (χ1n) is 12.8. The van der Waals surface area contributed by atoms with E-state index >= 15 is 0 Å². The van der Waals surface area contributed by atoms with Crippen LogP contribution in [0.3, 0.4) is 0 Å². The first-order chi connectivity index (χ1) is 18.2. The number of hydrogen-bond acceptors (Lipinski definition) is 6. The third-order valence-corrected chi connectivity index (χ3v) is 6.97. The van der Waals surface area contributed by atoms with Gasteiger partial charge in [-0.05, 0) is 58.0 Å². The lowest BCUT2D eigenvalue weighted by Gasteiger charge is -2.39. The first kappa shape index (κ1) is 25.5. The molecule has 0 aliphatic carbocycles. The SMILES string of the molecule is CCn1nc(C)cc1C(=O)Nc1nc2cc(C(N)=O)cc3c2n1C(C)(CN(C)CCc1ccccc1)CO3. The number of anilines is 1. The van der Waals surface area contributed by atoms with E-state index in [0.29, 0.717) is 48.2 Å². The molecule has 10 nitrogen and oxygen atoms in total. The molecule has 3 heterocycles. The number of aromatic nitrogens is 4. The van der Waals surface area contributed by atoms with Gasteiger partial charge in [0.2, 0.25) is 11.9 Å². The number of primary amides is 1. The Hall–Kier alpha value is -4.18. The van der Waals surface area contributed by atoms with Crippen molar-refractivity contribution >= 4 is 28.8 Å². The predicted molar refractivity (Wildman–Crippen MR) is 146 cm³/mol. The highest BCUT2D eigenvalue weighted by Crippen LogP contribution is 2.40. The molecule has 38 heavy (non-hydrogen) atoms. The number of amides is 2. The maximum atomic E-state index is 13.4. The summed E-state index contributed by atoms with van der Waals surface area (Å²) in [5.41, 5.74) is 9.06. The topological polar surface area (TPSA) is 120 Å². The van der Waals surface area contributed by atoms with Crippen LogP contribution in [0.2, 0.25) is 0 Å². The molecule has 0 saturated carbocycles. The molecule has 4 aromatic rings. The number of aryl methyl sites for hydroxylation is 2.